The van der Waals surface area contributed by atoms with E-state index in [1.165, 1.54) is 16.7 Å². The Morgan fingerprint density at radius 1 is 1.36 bits per heavy atom. The predicted octanol–water partition coefficient (Wildman–Crippen LogP) is 3.40. The number of carbonyl (C=O) groups is 1. The summed E-state index contributed by atoms with van der Waals surface area (Å²) in [4.78, 5) is 16.3. The highest BCUT2D eigenvalue weighted by Crippen LogP contribution is 2.37. The lowest BCUT2D eigenvalue weighted by atomic mass is 10.0. The van der Waals surface area contributed by atoms with Gasteiger partial charge in [-0.2, -0.15) is 5.10 Å². The molecule has 0 saturated heterocycles. The largest absolute Gasteiger partial charge is 0.431 e. The molecule has 0 saturated carbocycles. The lowest BCUT2D eigenvalue weighted by Crippen LogP contribution is -2.24. The number of primary amides is 1. The summed E-state index contributed by atoms with van der Waals surface area (Å²) in [6.45, 7) is 0. The standard InChI is InChI=1S/C15H16N4O2S/c16-14(20)19-17-9-10-5-1-4-8-13(10)22-15-18-11-6-2-3-7-12(11)21-15/h2-3,6-7,9H,1,4-5,8H2,(H3,16,19,20)/b17-9-. The molecule has 1 aliphatic carbocycles. The lowest BCUT2D eigenvalue weighted by Gasteiger charge is -2.15. The van der Waals surface area contributed by atoms with E-state index in [9.17, 15) is 4.79 Å². The Labute approximate surface area is 131 Å². The quantitative estimate of drug-likeness (QED) is 0.667. The van der Waals surface area contributed by atoms with Crippen LogP contribution in [0.15, 0.2) is 49.5 Å². The van der Waals surface area contributed by atoms with E-state index in [1.807, 2.05) is 24.3 Å². The summed E-state index contributed by atoms with van der Waals surface area (Å²) in [6.07, 6.45) is 5.78. The Balaban J connectivity index is 1.81. The SMILES string of the molecule is NC(=O)N/N=C\C1=C(Sc2nc3ccccc3o2)CCCC1. The molecule has 6 nitrogen and oxygen atoms in total. The highest BCUT2D eigenvalue weighted by Gasteiger charge is 2.16. The number of thioether (sulfide) groups is 1. The number of para-hydroxylation sites is 2. The van der Waals surface area contributed by atoms with Crippen LogP contribution in [0, 0.1) is 0 Å². The molecule has 2 amide bonds. The summed E-state index contributed by atoms with van der Waals surface area (Å²) in [5.41, 5.74) is 9.95. The fraction of sp³-hybridized carbons (Fsp3) is 0.267. The molecule has 1 aliphatic rings. The number of amides is 2. The molecule has 1 heterocycles. The Morgan fingerprint density at radius 2 is 2.18 bits per heavy atom. The summed E-state index contributed by atoms with van der Waals surface area (Å²) in [5.74, 6) is 0. The summed E-state index contributed by atoms with van der Waals surface area (Å²) in [5, 5.41) is 4.49. The number of fused-ring (bicyclic) bond motifs is 1. The maximum Gasteiger partial charge on any atom is 0.332 e. The second-order valence-electron chi connectivity index (χ2n) is 4.94. The topological polar surface area (TPSA) is 93.5 Å². The van der Waals surface area contributed by atoms with Gasteiger partial charge in [0.15, 0.2) is 5.58 Å². The van der Waals surface area contributed by atoms with Crippen molar-refractivity contribution < 1.29 is 9.21 Å². The van der Waals surface area contributed by atoms with Gasteiger partial charge >= 0.3 is 6.03 Å². The second kappa shape index (κ2) is 6.65. The number of hydrogen-bond donors (Lipinski definition) is 2. The highest BCUT2D eigenvalue weighted by atomic mass is 32.2. The van der Waals surface area contributed by atoms with E-state index in [4.69, 9.17) is 10.2 Å². The monoisotopic (exact) mass is 316 g/mol. The molecule has 1 aromatic heterocycles. The van der Waals surface area contributed by atoms with Crippen LogP contribution in [-0.2, 0) is 0 Å². The highest BCUT2D eigenvalue weighted by molar-refractivity contribution is 8.02. The number of rotatable bonds is 4. The Morgan fingerprint density at radius 3 is 3.00 bits per heavy atom. The lowest BCUT2D eigenvalue weighted by molar-refractivity contribution is 0.249. The molecule has 2 aromatic rings. The number of hydrogen-bond acceptors (Lipinski definition) is 5. The van der Waals surface area contributed by atoms with Crippen molar-refractivity contribution in [1.82, 2.24) is 10.4 Å². The number of nitrogens with one attached hydrogen (secondary N) is 1. The number of oxazole rings is 1. The Hall–Kier alpha value is -2.28. The van der Waals surface area contributed by atoms with Crippen molar-refractivity contribution in [3.05, 3.63) is 34.7 Å². The molecule has 3 rings (SSSR count). The average molecular weight is 316 g/mol. The van der Waals surface area contributed by atoms with Crippen LogP contribution in [-0.4, -0.2) is 17.2 Å². The molecule has 0 bridgehead atoms. The van der Waals surface area contributed by atoms with Crippen molar-refractivity contribution in [2.24, 2.45) is 10.8 Å². The van der Waals surface area contributed by atoms with Gasteiger partial charge in [-0.3, -0.25) is 0 Å². The first kappa shape index (κ1) is 14.6. The van der Waals surface area contributed by atoms with Crippen molar-refractivity contribution in [3.63, 3.8) is 0 Å². The van der Waals surface area contributed by atoms with E-state index in [0.717, 1.165) is 42.4 Å². The van der Waals surface area contributed by atoms with Gasteiger partial charge in [0.2, 0.25) is 0 Å². The van der Waals surface area contributed by atoms with Crippen LogP contribution in [0.2, 0.25) is 0 Å². The third kappa shape index (κ3) is 3.48. The molecule has 0 fully saturated rings. The first-order chi connectivity index (χ1) is 10.7. The van der Waals surface area contributed by atoms with Crippen LogP contribution in [0.4, 0.5) is 4.79 Å². The van der Waals surface area contributed by atoms with Gasteiger partial charge in [0.05, 0.1) is 6.21 Å². The van der Waals surface area contributed by atoms with Crippen molar-refractivity contribution in [2.75, 3.05) is 0 Å². The van der Waals surface area contributed by atoms with E-state index in [0.29, 0.717) is 5.22 Å². The molecule has 0 spiro atoms. The molecule has 1 aromatic carbocycles. The molecule has 7 heteroatoms. The number of hydrazone groups is 1. The van der Waals surface area contributed by atoms with Crippen molar-refractivity contribution in [3.8, 4) is 0 Å². The molecule has 114 valence electrons. The van der Waals surface area contributed by atoms with E-state index in [2.05, 4.69) is 15.5 Å². The van der Waals surface area contributed by atoms with Crippen LogP contribution in [0.1, 0.15) is 25.7 Å². The zero-order valence-electron chi connectivity index (χ0n) is 11.9. The molecule has 3 N–H and O–H groups in total. The van der Waals surface area contributed by atoms with Crippen LogP contribution in [0.5, 0.6) is 0 Å². The molecular weight excluding hydrogens is 300 g/mol. The normalized spacial score (nSPS) is 15.6. The Kier molecular flexibility index (Phi) is 4.43. The van der Waals surface area contributed by atoms with Gasteiger partial charge in [-0.15, -0.1) is 0 Å². The van der Waals surface area contributed by atoms with Crippen LogP contribution >= 0.6 is 11.8 Å². The van der Waals surface area contributed by atoms with Gasteiger partial charge in [-0.05, 0) is 60.1 Å². The minimum Gasteiger partial charge on any atom is -0.431 e. The van der Waals surface area contributed by atoms with Crippen molar-refractivity contribution in [1.29, 1.82) is 0 Å². The molecule has 0 unspecified atom stereocenters. The summed E-state index contributed by atoms with van der Waals surface area (Å²) in [7, 11) is 0. The molecule has 22 heavy (non-hydrogen) atoms. The summed E-state index contributed by atoms with van der Waals surface area (Å²) in [6, 6.07) is 7.03. The van der Waals surface area contributed by atoms with E-state index in [-0.39, 0.29) is 0 Å². The van der Waals surface area contributed by atoms with Gasteiger partial charge in [0, 0.05) is 0 Å². The van der Waals surface area contributed by atoms with Crippen molar-refractivity contribution >= 4 is 35.1 Å². The first-order valence-electron chi connectivity index (χ1n) is 7.06. The summed E-state index contributed by atoms with van der Waals surface area (Å²) < 4.78 is 5.75. The van der Waals surface area contributed by atoms with Gasteiger partial charge in [0.1, 0.15) is 5.52 Å². The minimum atomic E-state index is -0.666. The van der Waals surface area contributed by atoms with Gasteiger partial charge in [-0.25, -0.2) is 15.2 Å². The number of nitrogens with two attached hydrogens (primary N) is 1. The van der Waals surface area contributed by atoms with Crippen LogP contribution in [0.25, 0.3) is 11.1 Å². The average Bonchev–Trinajstić information content (AvgIpc) is 2.91. The Bertz CT molecular complexity index is 718. The van der Waals surface area contributed by atoms with E-state index >= 15 is 0 Å². The third-order valence-electron chi connectivity index (χ3n) is 3.34. The summed E-state index contributed by atoms with van der Waals surface area (Å²) >= 11 is 1.52. The third-order valence-corrected chi connectivity index (χ3v) is 4.40. The molecule has 0 aliphatic heterocycles. The minimum absolute atomic E-state index is 0.631. The zero-order valence-corrected chi connectivity index (χ0v) is 12.7. The molecule has 0 atom stereocenters. The number of benzene rings is 1. The smallest absolute Gasteiger partial charge is 0.332 e. The fourth-order valence-electron chi connectivity index (χ4n) is 2.33. The van der Waals surface area contributed by atoms with Crippen LogP contribution in [0.3, 0.4) is 0 Å². The van der Waals surface area contributed by atoms with Crippen molar-refractivity contribution in [2.45, 2.75) is 30.9 Å². The van der Waals surface area contributed by atoms with E-state index < -0.39 is 6.03 Å². The fourth-order valence-corrected chi connectivity index (χ4v) is 3.35. The number of aromatic nitrogens is 1. The van der Waals surface area contributed by atoms with Crippen LogP contribution < -0.4 is 11.2 Å². The van der Waals surface area contributed by atoms with Gasteiger partial charge in [-0.1, -0.05) is 12.1 Å². The number of nitrogens with zero attached hydrogens (tertiary/aromatic N) is 2. The predicted molar refractivity (Wildman–Crippen MR) is 86.6 cm³/mol. The molecule has 0 radical (unpaired) electrons. The van der Waals surface area contributed by atoms with E-state index in [1.54, 1.807) is 6.21 Å². The maximum atomic E-state index is 10.7. The maximum absolute atomic E-state index is 10.7. The van der Waals surface area contributed by atoms with Gasteiger partial charge in [0.25, 0.3) is 5.22 Å². The second-order valence-corrected chi connectivity index (χ2v) is 5.99. The van der Waals surface area contributed by atoms with Gasteiger partial charge < -0.3 is 10.2 Å². The first-order valence-corrected chi connectivity index (χ1v) is 7.88. The molecular formula is C15H16N4O2S. The number of carbonyl (C=O) groups excluding carboxylic acids is 1. The number of allylic oxidation sites excluding steroid dienone is 2. The zero-order chi connectivity index (χ0) is 15.4. The number of urea groups is 1.